The van der Waals surface area contributed by atoms with Crippen LogP contribution < -0.4 is 0 Å². The van der Waals surface area contributed by atoms with Gasteiger partial charge in [0.25, 0.3) is 0 Å². The molecule has 0 aliphatic rings. The topological polar surface area (TPSA) is 42.9 Å². The van der Waals surface area contributed by atoms with Crippen molar-refractivity contribution < 1.29 is 4.79 Å². The summed E-state index contributed by atoms with van der Waals surface area (Å²) >= 11 is 7.26. The van der Waals surface area contributed by atoms with Crippen LogP contribution in [0, 0.1) is 6.92 Å². The number of aldehydes is 1. The van der Waals surface area contributed by atoms with Crippen LogP contribution in [0.15, 0.2) is 5.03 Å². The van der Waals surface area contributed by atoms with E-state index in [1.165, 1.54) is 11.8 Å². The first-order chi connectivity index (χ1) is 6.19. The quantitative estimate of drug-likeness (QED) is 0.442. The molecule has 1 heterocycles. The maximum Gasteiger partial charge on any atom is 0.155 e. The lowest BCUT2D eigenvalue weighted by Gasteiger charge is -2.03. The van der Waals surface area contributed by atoms with Crippen molar-refractivity contribution in [1.82, 2.24) is 9.97 Å². The van der Waals surface area contributed by atoms with Gasteiger partial charge in [-0.3, -0.25) is 4.79 Å². The number of thioether (sulfide) groups is 1. The van der Waals surface area contributed by atoms with Crippen LogP contribution in [0.2, 0.25) is 5.15 Å². The number of aromatic nitrogens is 2. The highest BCUT2D eigenvalue weighted by Crippen LogP contribution is 2.23. The summed E-state index contributed by atoms with van der Waals surface area (Å²) in [6.07, 6.45) is 0.694. The van der Waals surface area contributed by atoms with Gasteiger partial charge in [-0.25, -0.2) is 9.97 Å². The summed E-state index contributed by atoms with van der Waals surface area (Å²) in [6.45, 7) is 3.74. The first-order valence-electron chi connectivity index (χ1n) is 3.81. The third-order valence-corrected chi connectivity index (χ3v) is 2.54. The second kappa shape index (κ2) is 4.58. The van der Waals surface area contributed by atoms with Crippen LogP contribution >= 0.6 is 23.4 Å². The summed E-state index contributed by atoms with van der Waals surface area (Å²) in [5.74, 6) is 1.44. The van der Waals surface area contributed by atoms with Crippen molar-refractivity contribution in [3.05, 3.63) is 16.5 Å². The Morgan fingerprint density at radius 3 is 2.77 bits per heavy atom. The van der Waals surface area contributed by atoms with Crippen molar-refractivity contribution >= 4 is 29.6 Å². The Hall–Kier alpha value is -0.610. The molecule has 0 atom stereocenters. The molecule has 0 aliphatic carbocycles. The Balaban J connectivity index is 3.20. The van der Waals surface area contributed by atoms with Crippen molar-refractivity contribution in [3.8, 4) is 0 Å². The van der Waals surface area contributed by atoms with Crippen molar-refractivity contribution in [2.45, 2.75) is 18.9 Å². The number of halogens is 1. The van der Waals surface area contributed by atoms with Crippen LogP contribution in [-0.2, 0) is 0 Å². The highest BCUT2D eigenvalue weighted by atomic mass is 35.5. The van der Waals surface area contributed by atoms with Crippen LogP contribution in [0.5, 0.6) is 0 Å². The van der Waals surface area contributed by atoms with E-state index < -0.39 is 0 Å². The van der Waals surface area contributed by atoms with Crippen LogP contribution in [0.3, 0.4) is 0 Å². The van der Waals surface area contributed by atoms with Gasteiger partial charge in [-0.2, -0.15) is 0 Å². The van der Waals surface area contributed by atoms with Crippen molar-refractivity contribution in [2.75, 3.05) is 5.75 Å². The van der Waals surface area contributed by atoms with Crippen molar-refractivity contribution in [3.63, 3.8) is 0 Å². The molecule has 0 bridgehead atoms. The van der Waals surface area contributed by atoms with Crippen LogP contribution in [0.25, 0.3) is 0 Å². The van der Waals surface area contributed by atoms with Crippen molar-refractivity contribution in [2.24, 2.45) is 0 Å². The molecule has 1 aromatic heterocycles. The third kappa shape index (κ3) is 2.42. The van der Waals surface area contributed by atoms with E-state index in [4.69, 9.17) is 11.6 Å². The average Bonchev–Trinajstić information content (AvgIpc) is 2.04. The van der Waals surface area contributed by atoms with E-state index in [2.05, 4.69) is 9.97 Å². The van der Waals surface area contributed by atoms with Gasteiger partial charge in [-0.05, 0) is 12.7 Å². The number of aryl methyl sites for hydroxylation is 1. The molecule has 0 amide bonds. The van der Waals surface area contributed by atoms with Crippen LogP contribution in [0.4, 0.5) is 0 Å². The van der Waals surface area contributed by atoms with Gasteiger partial charge >= 0.3 is 0 Å². The number of rotatable bonds is 3. The Morgan fingerprint density at radius 2 is 2.23 bits per heavy atom. The van der Waals surface area contributed by atoms with Crippen molar-refractivity contribution in [1.29, 1.82) is 0 Å². The fourth-order valence-corrected chi connectivity index (χ4v) is 1.95. The fraction of sp³-hybridized carbons (Fsp3) is 0.375. The van der Waals surface area contributed by atoms with Gasteiger partial charge in [0.1, 0.15) is 16.0 Å². The first-order valence-corrected chi connectivity index (χ1v) is 5.17. The molecule has 1 aromatic rings. The molecule has 0 saturated heterocycles. The predicted molar refractivity (Wildman–Crippen MR) is 53.6 cm³/mol. The molecular weight excluding hydrogens is 208 g/mol. The molecule has 13 heavy (non-hydrogen) atoms. The second-order valence-corrected chi connectivity index (χ2v) is 3.94. The monoisotopic (exact) mass is 216 g/mol. The van der Waals surface area contributed by atoms with Crippen LogP contribution in [-0.4, -0.2) is 22.0 Å². The molecule has 3 nitrogen and oxygen atoms in total. The third-order valence-electron chi connectivity index (χ3n) is 1.37. The molecule has 0 aromatic carbocycles. The Morgan fingerprint density at radius 1 is 1.54 bits per heavy atom. The molecule has 5 heteroatoms. The average molecular weight is 217 g/mol. The highest BCUT2D eigenvalue weighted by molar-refractivity contribution is 7.99. The Labute approximate surface area is 85.9 Å². The van der Waals surface area contributed by atoms with Gasteiger partial charge in [0.2, 0.25) is 0 Å². The van der Waals surface area contributed by atoms with E-state index in [1.54, 1.807) is 6.92 Å². The zero-order valence-electron chi connectivity index (χ0n) is 7.37. The SMILES string of the molecule is CCSc1nc(C)nc(Cl)c1C=O. The molecule has 0 N–H and O–H groups in total. The van der Waals surface area contributed by atoms with E-state index >= 15 is 0 Å². The number of hydrogen-bond donors (Lipinski definition) is 0. The lowest BCUT2D eigenvalue weighted by atomic mass is 10.4. The smallest absolute Gasteiger partial charge is 0.155 e. The Kier molecular flexibility index (Phi) is 3.69. The zero-order chi connectivity index (χ0) is 9.84. The largest absolute Gasteiger partial charge is 0.298 e. The minimum absolute atomic E-state index is 0.235. The minimum atomic E-state index is 0.235. The fourth-order valence-electron chi connectivity index (χ4n) is 0.868. The summed E-state index contributed by atoms with van der Waals surface area (Å²) in [6, 6.07) is 0. The molecule has 0 radical (unpaired) electrons. The van der Waals surface area contributed by atoms with E-state index in [0.717, 1.165) is 5.75 Å². The summed E-state index contributed by atoms with van der Waals surface area (Å²) in [7, 11) is 0. The number of carbonyl (C=O) groups is 1. The summed E-state index contributed by atoms with van der Waals surface area (Å²) < 4.78 is 0. The lowest BCUT2D eigenvalue weighted by Crippen LogP contribution is -1.98. The van der Waals surface area contributed by atoms with Gasteiger partial charge < -0.3 is 0 Å². The molecule has 0 fully saturated rings. The van der Waals surface area contributed by atoms with Gasteiger partial charge in [0, 0.05) is 0 Å². The van der Waals surface area contributed by atoms with E-state index in [-0.39, 0.29) is 5.15 Å². The molecule has 0 aliphatic heterocycles. The van der Waals surface area contributed by atoms with Crippen LogP contribution in [0.1, 0.15) is 23.1 Å². The molecule has 0 saturated carbocycles. The normalized spacial score (nSPS) is 10.1. The summed E-state index contributed by atoms with van der Waals surface area (Å²) in [4.78, 5) is 18.7. The number of hydrogen-bond acceptors (Lipinski definition) is 4. The second-order valence-electron chi connectivity index (χ2n) is 2.33. The summed E-state index contributed by atoms with van der Waals surface area (Å²) in [5, 5.41) is 0.897. The standard InChI is InChI=1S/C8H9ClN2OS/c1-3-13-8-6(4-12)7(9)10-5(2)11-8/h4H,3H2,1-2H3. The number of nitrogens with zero attached hydrogens (tertiary/aromatic N) is 2. The molecular formula is C8H9ClN2OS. The maximum absolute atomic E-state index is 10.7. The number of carbonyl (C=O) groups excluding carboxylic acids is 1. The predicted octanol–water partition coefficient (Wildman–Crippen LogP) is 2.36. The maximum atomic E-state index is 10.7. The van der Waals surface area contributed by atoms with E-state index in [9.17, 15) is 4.79 Å². The lowest BCUT2D eigenvalue weighted by molar-refractivity contribution is 0.112. The first kappa shape index (κ1) is 10.5. The van der Waals surface area contributed by atoms with E-state index in [0.29, 0.717) is 22.7 Å². The Bertz CT molecular complexity index is 330. The molecule has 0 unspecified atom stereocenters. The molecule has 70 valence electrons. The zero-order valence-corrected chi connectivity index (χ0v) is 8.95. The summed E-state index contributed by atoms with van der Waals surface area (Å²) in [5.41, 5.74) is 0.388. The minimum Gasteiger partial charge on any atom is -0.298 e. The van der Waals surface area contributed by atoms with Gasteiger partial charge in [-0.15, -0.1) is 11.8 Å². The van der Waals surface area contributed by atoms with Gasteiger partial charge in [-0.1, -0.05) is 18.5 Å². The highest BCUT2D eigenvalue weighted by Gasteiger charge is 2.10. The molecule has 1 rings (SSSR count). The van der Waals surface area contributed by atoms with Gasteiger partial charge in [0.05, 0.1) is 5.56 Å². The van der Waals surface area contributed by atoms with E-state index in [1.807, 2.05) is 6.92 Å². The van der Waals surface area contributed by atoms with Gasteiger partial charge in [0.15, 0.2) is 6.29 Å². The molecule has 0 spiro atoms.